The van der Waals surface area contributed by atoms with E-state index < -0.39 is 41.7 Å². The lowest BCUT2D eigenvalue weighted by Gasteiger charge is -2.27. The first-order chi connectivity index (χ1) is 22.7. The van der Waals surface area contributed by atoms with Crippen molar-refractivity contribution in [3.05, 3.63) is 47.1 Å². The Bertz CT molecular complexity index is 1560. The maximum absolute atomic E-state index is 14.0. The molecular weight excluding hydrogens is 624 g/mol. The van der Waals surface area contributed by atoms with E-state index in [0.29, 0.717) is 35.6 Å². The predicted octanol–water partition coefficient (Wildman–Crippen LogP) is 5.32. The molecule has 6 rings (SSSR count). The van der Waals surface area contributed by atoms with Gasteiger partial charge in [-0.3, -0.25) is 14.6 Å². The number of para-hydroxylation sites is 1. The van der Waals surface area contributed by atoms with Crippen molar-refractivity contribution < 1.29 is 33.8 Å². The van der Waals surface area contributed by atoms with Crippen LogP contribution in [0.15, 0.2) is 36.4 Å². The number of aliphatic carboxylic acids is 1. The molecule has 2 aromatic rings. The molecule has 2 saturated carbocycles. The van der Waals surface area contributed by atoms with E-state index in [0.717, 1.165) is 56.0 Å². The van der Waals surface area contributed by atoms with Gasteiger partial charge in [0, 0.05) is 41.9 Å². The summed E-state index contributed by atoms with van der Waals surface area (Å²) in [5.41, 5.74) is 0.000519. The maximum atomic E-state index is 14.0. The topological polar surface area (TPSA) is 147 Å². The highest BCUT2D eigenvalue weighted by Gasteiger charge is 2.61. The number of aryl methyl sites for hydroxylation is 1. The largest absolute Gasteiger partial charge is 0.488 e. The van der Waals surface area contributed by atoms with Crippen LogP contribution in [0, 0.1) is 5.92 Å². The number of nitrogens with zero attached hydrogens (tertiary/aromatic N) is 2. The number of hydrogen-bond acceptors (Lipinski definition) is 7. The summed E-state index contributed by atoms with van der Waals surface area (Å²) in [7, 11) is 0. The summed E-state index contributed by atoms with van der Waals surface area (Å²) in [6.07, 6.45) is 10.3. The molecule has 3 amide bonds. The lowest BCUT2D eigenvalue weighted by molar-refractivity contribution is -0.145. The highest BCUT2D eigenvalue weighted by Crippen LogP contribution is 2.45. The zero-order valence-electron chi connectivity index (χ0n) is 26.7. The number of carboxylic acid groups (broad SMARTS) is 1. The third-order valence-corrected chi connectivity index (χ3v) is 10.3. The van der Waals surface area contributed by atoms with E-state index in [1.165, 1.54) is 4.90 Å². The van der Waals surface area contributed by atoms with E-state index in [1.54, 1.807) is 6.07 Å². The van der Waals surface area contributed by atoms with E-state index in [4.69, 9.17) is 21.1 Å². The Balaban J connectivity index is 1.26. The zero-order valence-corrected chi connectivity index (χ0v) is 27.5. The van der Waals surface area contributed by atoms with E-state index in [2.05, 4.69) is 15.6 Å². The van der Waals surface area contributed by atoms with Crippen molar-refractivity contribution in [2.45, 2.75) is 114 Å². The fourth-order valence-corrected chi connectivity index (χ4v) is 7.41. The minimum atomic E-state index is -1.40. The van der Waals surface area contributed by atoms with Crippen LogP contribution in [-0.4, -0.2) is 75.2 Å². The number of halogens is 1. The molecule has 12 heteroatoms. The number of carboxylic acids is 1. The van der Waals surface area contributed by atoms with Crippen LogP contribution in [0.3, 0.4) is 0 Å². The van der Waals surface area contributed by atoms with E-state index in [-0.39, 0.29) is 37.3 Å². The summed E-state index contributed by atoms with van der Waals surface area (Å²) in [6.45, 7) is 2.10. The molecule has 47 heavy (non-hydrogen) atoms. The molecule has 0 radical (unpaired) electrons. The predicted molar refractivity (Wildman–Crippen MR) is 175 cm³/mol. The SMILES string of the molecule is CCc1cc(O[C@@H]2C[C@H]3C(=O)N[C@]4(C(=O)O)C[C@H]4/C=C\CCCC[C@H](NC(=O)OC4CCCC4)CC(=O)N3C2)c2cccc(Cl)c2n1. The zero-order chi connectivity index (χ0) is 33.1. The summed E-state index contributed by atoms with van der Waals surface area (Å²) in [5, 5.41) is 17.1. The van der Waals surface area contributed by atoms with E-state index in [1.807, 2.05) is 37.3 Å². The Kier molecular flexibility index (Phi) is 9.91. The van der Waals surface area contributed by atoms with Crippen molar-refractivity contribution in [1.82, 2.24) is 20.5 Å². The molecule has 1 aromatic carbocycles. The van der Waals surface area contributed by atoms with Gasteiger partial charge in [-0.2, -0.15) is 0 Å². The Hall–Kier alpha value is -3.86. The minimum absolute atomic E-state index is 0.0212. The monoisotopic (exact) mass is 666 g/mol. The van der Waals surface area contributed by atoms with Gasteiger partial charge in [0.25, 0.3) is 0 Å². The summed E-state index contributed by atoms with van der Waals surface area (Å²) < 4.78 is 12.1. The second-order valence-corrected chi connectivity index (χ2v) is 13.7. The summed E-state index contributed by atoms with van der Waals surface area (Å²) in [4.78, 5) is 59.2. The highest BCUT2D eigenvalue weighted by molar-refractivity contribution is 6.35. The van der Waals surface area contributed by atoms with Crippen LogP contribution >= 0.6 is 11.6 Å². The first-order valence-electron chi connectivity index (χ1n) is 16.9. The molecular formula is C35H43ClN4O7. The van der Waals surface area contributed by atoms with Gasteiger partial charge in [-0.05, 0) is 69.9 Å². The number of hydrogen-bond donors (Lipinski definition) is 3. The van der Waals surface area contributed by atoms with Gasteiger partial charge >= 0.3 is 12.1 Å². The molecule has 2 aliphatic heterocycles. The Labute approximate surface area is 279 Å². The van der Waals surface area contributed by atoms with Crippen LogP contribution in [0.25, 0.3) is 10.9 Å². The number of amides is 3. The van der Waals surface area contributed by atoms with Crippen LogP contribution in [0.1, 0.15) is 83.2 Å². The number of allylic oxidation sites excluding steroid dienone is 1. The normalized spacial score (nSPS) is 29.2. The molecule has 3 N–H and O–H groups in total. The van der Waals surface area contributed by atoms with Crippen molar-refractivity contribution in [2.75, 3.05) is 6.54 Å². The van der Waals surface area contributed by atoms with Crippen molar-refractivity contribution in [3.8, 4) is 5.75 Å². The van der Waals surface area contributed by atoms with Crippen LogP contribution in [0.5, 0.6) is 5.75 Å². The van der Waals surface area contributed by atoms with Crippen LogP contribution < -0.4 is 15.4 Å². The maximum Gasteiger partial charge on any atom is 0.407 e. The lowest BCUT2D eigenvalue weighted by atomic mass is 10.0. The molecule has 1 aromatic heterocycles. The molecule has 3 fully saturated rings. The van der Waals surface area contributed by atoms with Crippen molar-refractivity contribution in [3.63, 3.8) is 0 Å². The number of carbonyl (C=O) groups excluding carboxylic acids is 3. The van der Waals surface area contributed by atoms with Gasteiger partial charge in [-0.25, -0.2) is 9.59 Å². The number of benzene rings is 1. The molecule has 252 valence electrons. The number of fused-ring (bicyclic) bond motifs is 3. The van der Waals surface area contributed by atoms with Gasteiger partial charge < -0.3 is 30.1 Å². The average molecular weight is 667 g/mol. The number of carbonyl (C=O) groups is 4. The van der Waals surface area contributed by atoms with E-state index >= 15 is 0 Å². The number of aromatic nitrogens is 1. The number of ether oxygens (including phenoxy) is 2. The van der Waals surface area contributed by atoms with Gasteiger partial charge in [0.15, 0.2) is 0 Å². The molecule has 2 aliphatic carbocycles. The summed E-state index contributed by atoms with van der Waals surface area (Å²) >= 11 is 6.48. The molecule has 0 spiro atoms. The third-order valence-electron chi connectivity index (χ3n) is 9.95. The van der Waals surface area contributed by atoms with E-state index in [9.17, 15) is 24.3 Å². The van der Waals surface area contributed by atoms with Gasteiger partial charge in [-0.15, -0.1) is 0 Å². The Morgan fingerprint density at radius 1 is 1.15 bits per heavy atom. The van der Waals surface area contributed by atoms with Gasteiger partial charge in [-0.1, -0.05) is 43.2 Å². The molecule has 0 unspecified atom stereocenters. The van der Waals surface area contributed by atoms with Crippen molar-refractivity contribution in [2.24, 2.45) is 5.92 Å². The number of nitrogens with one attached hydrogen (secondary N) is 2. The quantitative estimate of drug-likeness (QED) is 0.351. The minimum Gasteiger partial charge on any atom is -0.488 e. The Morgan fingerprint density at radius 2 is 1.94 bits per heavy atom. The van der Waals surface area contributed by atoms with Crippen LogP contribution in [0.4, 0.5) is 4.79 Å². The summed E-state index contributed by atoms with van der Waals surface area (Å²) in [6, 6.07) is 5.87. The number of alkyl carbamates (subject to hydrolysis) is 1. The third kappa shape index (κ3) is 7.35. The van der Waals surface area contributed by atoms with Gasteiger partial charge in [0.2, 0.25) is 11.8 Å². The second kappa shape index (κ2) is 14.1. The van der Waals surface area contributed by atoms with Gasteiger partial charge in [0.1, 0.15) is 29.5 Å². The lowest BCUT2D eigenvalue weighted by Crippen LogP contribution is -2.53. The number of pyridine rings is 1. The molecule has 4 aliphatic rings. The summed E-state index contributed by atoms with van der Waals surface area (Å²) in [5.74, 6) is -1.71. The van der Waals surface area contributed by atoms with Crippen LogP contribution in [-0.2, 0) is 25.5 Å². The first kappa shape index (κ1) is 33.1. The fraction of sp³-hybridized carbons (Fsp3) is 0.571. The highest BCUT2D eigenvalue weighted by atomic mass is 35.5. The van der Waals surface area contributed by atoms with Gasteiger partial charge in [0.05, 0.1) is 17.1 Å². The van der Waals surface area contributed by atoms with Crippen molar-refractivity contribution >= 4 is 46.4 Å². The molecule has 0 bridgehead atoms. The molecule has 1 saturated heterocycles. The average Bonchev–Trinajstić information content (AvgIpc) is 3.32. The standard InChI is InChI=1S/C35H43ClN4O7/c1-2-22-16-29(26-14-9-15-27(36)31(26)37-22)46-25-18-28-32(42)39-35(33(43)44)19-21(35)10-5-3-4-6-11-23(17-30(41)40(28)20-25)38-34(45)47-24-12-7-8-13-24/h5,9-10,14-16,21,23-25,28H,2-4,6-8,11-13,17-20H2,1H3,(H,38,45)(H,39,42)(H,43,44)/b10-5-/t21-,23+,25-,28+,35-/m1/s1. The number of rotatable bonds is 6. The molecule has 5 atom stereocenters. The fourth-order valence-electron chi connectivity index (χ4n) is 7.19. The smallest absolute Gasteiger partial charge is 0.407 e. The van der Waals surface area contributed by atoms with Crippen molar-refractivity contribution in [1.29, 1.82) is 0 Å². The Morgan fingerprint density at radius 3 is 2.70 bits per heavy atom. The molecule has 11 nitrogen and oxygen atoms in total. The second-order valence-electron chi connectivity index (χ2n) is 13.3. The molecule has 3 heterocycles. The first-order valence-corrected chi connectivity index (χ1v) is 17.3. The van der Waals surface area contributed by atoms with Crippen LogP contribution in [0.2, 0.25) is 5.02 Å².